The minimum absolute atomic E-state index is 0. The van der Waals surface area contributed by atoms with Crippen molar-refractivity contribution in [2.75, 3.05) is 0 Å². The third-order valence-electron chi connectivity index (χ3n) is 2.73. The summed E-state index contributed by atoms with van der Waals surface area (Å²) < 4.78 is 0. The summed E-state index contributed by atoms with van der Waals surface area (Å²) in [5, 5.41) is 0. The van der Waals surface area contributed by atoms with E-state index < -0.39 is 0 Å². The second-order valence-corrected chi connectivity index (χ2v) is 3.24. The maximum atomic E-state index is 10.4. The molecule has 2 aliphatic carbocycles. The summed E-state index contributed by atoms with van der Waals surface area (Å²) in [5.41, 5.74) is 0. The number of hydrogen-bond acceptors (Lipinski definition) is 2. The summed E-state index contributed by atoms with van der Waals surface area (Å²) in [4.78, 5) is 20.9. The van der Waals surface area contributed by atoms with E-state index in [0.717, 1.165) is 6.42 Å². The molecule has 0 saturated heterocycles. The van der Waals surface area contributed by atoms with E-state index in [1.165, 1.54) is 0 Å². The van der Waals surface area contributed by atoms with Gasteiger partial charge in [0.25, 0.3) is 0 Å². The zero-order valence-electron chi connectivity index (χ0n) is 7.01. The fourth-order valence-electron chi connectivity index (χ4n) is 2.14. The van der Waals surface area contributed by atoms with Gasteiger partial charge < -0.3 is 9.59 Å². The minimum Gasteiger partial charge on any atom is -0.542 e. The summed E-state index contributed by atoms with van der Waals surface area (Å²) in [7, 11) is 0. The van der Waals surface area contributed by atoms with Crippen molar-refractivity contribution in [1.82, 2.24) is 0 Å². The molecule has 0 aromatic heterocycles. The molecule has 0 aliphatic heterocycles. The zero-order valence-corrected chi connectivity index (χ0v) is 11.2. The van der Waals surface area contributed by atoms with Crippen LogP contribution in [-0.4, -0.2) is 12.6 Å². The van der Waals surface area contributed by atoms with Gasteiger partial charge in [0.05, 0.1) is 0 Å². The molecule has 2 bridgehead atoms. The first-order valence-corrected chi connectivity index (χ1v) is 3.80. The SMILES string of the molecule is C.O=[C-]C1C2C=CC(C2)C1[C-]=O.[V].[Y]. The van der Waals surface area contributed by atoms with Crippen LogP contribution in [0.25, 0.3) is 0 Å². The molecule has 4 heteroatoms. The zero-order chi connectivity index (χ0) is 7.84. The quantitative estimate of drug-likeness (QED) is 0.569. The van der Waals surface area contributed by atoms with Crippen LogP contribution in [0.2, 0.25) is 0 Å². The van der Waals surface area contributed by atoms with Gasteiger partial charge in [0.15, 0.2) is 0 Å². The summed E-state index contributed by atoms with van der Waals surface area (Å²) in [6.45, 7) is 0. The average Bonchev–Trinajstić information content (AvgIpc) is 2.60. The third-order valence-corrected chi connectivity index (χ3v) is 2.73. The van der Waals surface area contributed by atoms with Gasteiger partial charge in [-0.1, -0.05) is 19.6 Å². The molecule has 14 heavy (non-hydrogen) atoms. The van der Waals surface area contributed by atoms with Crippen molar-refractivity contribution < 1.29 is 60.9 Å². The monoisotopic (exact) mass is 304 g/mol. The molecule has 2 radical (unpaired) electrons. The van der Waals surface area contributed by atoms with Crippen LogP contribution in [0.3, 0.4) is 0 Å². The van der Waals surface area contributed by atoms with E-state index in [2.05, 4.69) is 0 Å². The fourth-order valence-corrected chi connectivity index (χ4v) is 2.14. The first-order chi connectivity index (χ1) is 5.36. The summed E-state index contributed by atoms with van der Waals surface area (Å²) in [6, 6.07) is 0. The van der Waals surface area contributed by atoms with Crippen molar-refractivity contribution in [3.8, 4) is 0 Å². The van der Waals surface area contributed by atoms with E-state index in [1.807, 2.05) is 24.7 Å². The van der Waals surface area contributed by atoms with E-state index in [9.17, 15) is 9.59 Å². The molecule has 0 aromatic carbocycles. The van der Waals surface area contributed by atoms with Gasteiger partial charge in [0.2, 0.25) is 0 Å². The van der Waals surface area contributed by atoms with Gasteiger partial charge in [-0.15, -0.1) is 0 Å². The Morgan fingerprint density at radius 2 is 1.36 bits per heavy atom. The molecule has 1 saturated carbocycles. The molecule has 4 unspecified atom stereocenters. The smallest absolute Gasteiger partial charge is 0 e. The molecule has 0 aromatic rings. The fraction of sp³-hybridized carbons (Fsp3) is 0.600. The van der Waals surface area contributed by atoms with Gasteiger partial charge in [0, 0.05) is 51.3 Å². The molecular weight excluding hydrogens is 292 g/mol. The van der Waals surface area contributed by atoms with Crippen LogP contribution in [0.5, 0.6) is 0 Å². The van der Waals surface area contributed by atoms with Crippen LogP contribution in [0.4, 0.5) is 0 Å². The summed E-state index contributed by atoms with van der Waals surface area (Å²) >= 11 is 0. The predicted molar refractivity (Wildman–Crippen MR) is 45.8 cm³/mol. The molecule has 1 fully saturated rings. The minimum atomic E-state index is -0.206. The molecule has 4 atom stereocenters. The van der Waals surface area contributed by atoms with Crippen molar-refractivity contribution in [2.24, 2.45) is 23.7 Å². The van der Waals surface area contributed by atoms with Crippen molar-refractivity contribution in [3.05, 3.63) is 12.2 Å². The number of rotatable bonds is 2. The Morgan fingerprint density at radius 3 is 1.64 bits per heavy atom. The molecular formula is C10H12O2VY-2. The number of fused-ring (bicyclic) bond motifs is 2. The molecule has 74 valence electrons. The van der Waals surface area contributed by atoms with Crippen LogP contribution in [0.1, 0.15) is 13.8 Å². The first-order valence-electron chi connectivity index (χ1n) is 3.80. The van der Waals surface area contributed by atoms with E-state index >= 15 is 0 Å². The number of carbonyl (C=O) groups excluding carboxylic acids is 2. The Hall–Kier alpha value is 0.768. The second kappa shape index (κ2) is 7.11. The largest absolute Gasteiger partial charge is 0.542 e. The molecule has 2 nitrogen and oxygen atoms in total. The Morgan fingerprint density at radius 1 is 1.00 bits per heavy atom. The summed E-state index contributed by atoms with van der Waals surface area (Å²) in [6.07, 6.45) is 8.85. The molecule has 2 rings (SSSR count). The first kappa shape index (κ1) is 17.2. The second-order valence-electron chi connectivity index (χ2n) is 3.24. The maximum absolute atomic E-state index is 10.4. The third kappa shape index (κ3) is 2.66. The molecule has 0 amide bonds. The van der Waals surface area contributed by atoms with Crippen molar-refractivity contribution >= 4 is 12.6 Å². The molecule has 0 N–H and O–H groups in total. The molecule has 2 aliphatic rings. The number of allylic oxidation sites excluding steroid dienone is 2. The van der Waals surface area contributed by atoms with Gasteiger partial charge in [-0.05, 0) is 18.3 Å². The maximum Gasteiger partial charge on any atom is 0 e. The Bertz CT molecular complexity index is 208. The van der Waals surface area contributed by atoms with Gasteiger partial charge in [-0.25, -0.2) is 0 Å². The van der Waals surface area contributed by atoms with Crippen LogP contribution >= 0.6 is 0 Å². The van der Waals surface area contributed by atoms with E-state index in [-0.39, 0.29) is 82.4 Å². The van der Waals surface area contributed by atoms with E-state index in [1.54, 1.807) is 0 Å². The van der Waals surface area contributed by atoms with Crippen LogP contribution in [0.15, 0.2) is 12.2 Å². The van der Waals surface area contributed by atoms with Gasteiger partial charge in [0.1, 0.15) is 0 Å². The number of hydrogen-bond donors (Lipinski definition) is 0. The standard InChI is InChI=1S/C9H8O2.CH4.V.Y/c10-4-8-6-1-2-7(3-6)9(8)5-11;;;/h1-2,6-9H,3H2;1H4;;/q-2;;;. The Labute approximate surface area is 122 Å². The van der Waals surface area contributed by atoms with Crippen molar-refractivity contribution in [2.45, 2.75) is 13.8 Å². The Kier molecular flexibility index (Phi) is 8.72. The average molecular weight is 304 g/mol. The summed E-state index contributed by atoms with van der Waals surface area (Å²) in [5.74, 6) is 0.123. The normalized spacial score (nSPS) is 36.3. The van der Waals surface area contributed by atoms with E-state index in [4.69, 9.17) is 0 Å². The van der Waals surface area contributed by atoms with Crippen molar-refractivity contribution in [3.63, 3.8) is 0 Å². The van der Waals surface area contributed by atoms with Gasteiger partial charge in [-0.3, -0.25) is 12.6 Å². The Balaban J connectivity index is 0. The molecule has 0 heterocycles. The van der Waals surface area contributed by atoms with Crippen LogP contribution < -0.4 is 0 Å². The predicted octanol–water partition coefficient (Wildman–Crippen LogP) is 1.28. The topological polar surface area (TPSA) is 34.1 Å². The van der Waals surface area contributed by atoms with Crippen LogP contribution in [0, 0.1) is 23.7 Å². The van der Waals surface area contributed by atoms with Crippen molar-refractivity contribution in [1.29, 1.82) is 0 Å². The van der Waals surface area contributed by atoms with Crippen LogP contribution in [-0.2, 0) is 60.9 Å². The van der Waals surface area contributed by atoms with E-state index in [0.29, 0.717) is 0 Å². The van der Waals surface area contributed by atoms with Gasteiger partial charge in [-0.2, -0.15) is 11.8 Å². The molecule has 0 spiro atoms. The van der Waals surface area contributed by atoms with Gasteiger partial charge >= 0.3 is 0 Å².